The van der Waals surface area contributed by atoms with Crippen molar-refractivity contribution in [2.24, 2.45) is 21.7 Å². The monoisotopic (exact) mass is 219 g/mol. The molecule has 0 saturated heterocycles. The zero-order valence-corrected chi connectivity index (χ0v) is 9.81. The summed E-state index contributed by atoms with van der Waals surface area (Å²) in [7, 11) is 3.99. The Bertz CT molecular complexity index is 399. The van der Waals surface area contributed by atoms with Gasteiger partial charge in [0.25, 0.3) is 0 Å². The molecule has 4 N–H and O–H groups in total. The number of anilines is 1. The molecule has 1 aromatic rings. The molecule has 0 aliphatic heterocycles. The Morgan fingerprint density at radius 3 is 2.06 bits per heavy atom. The number of rotatable bonds is 3. The molecule has 0 amide bonds. The van der Waals surface area contributed by atoms with E-state index in [0.717, 1.165) is 17.0 Å². The molecule has 0 radical (unpaired) electrons. The average Bonchev–Trinajstić information content (AvgIpc) is 2.26. The summed E-state index contributed by atoms with van der Waals surface area (Å²) in [4.78, 5) is 2.03. The van der Waals surface area contributed by atoms with E-state index in [1.807, 2.05) is 50.2 Å². The van der Waals surface area contributed by atoms with E-state index in [2.05, 4.69) is 10.2 Å². The van der Waals surface area contributed by atoms with Gasteiger partial charge in [0, 0.05) is 19.8 Å². The van der Waals surface area contributed by atoms with E-state index in [1.54, 1.807) is 0 Å². The van der Waals surface area contributed by atoms with Gasteiger partial charge in [0.05, 0.1) is 5.71 Å². The van der Waals surface area contributed by atoms with Crippen molar-refractivity contribution in [1.29, 1.82) is 0 Å². The predicted molar refractivity (Wildman–Crippen MR) is 68.8 cm³/mol. The standard InChI is InChI=1S/C11H17N5/c1-8(14-15-11(12)13)9-4-6-10(7-5-9)16(2)3/h4-7H,1-3H3,(H4,12,13,15)/b14-8-. The summed E-state index contributed by atoms with van der Waals surface area (Å²) in [5.41, 5.74) is 13.3. The van der Waals surface area contributed by atoms with E-state index >= 15 is 0 Å². The summed E-state index contributed by atoms with van der Waals surface area (Å²) in [6, 6.07) is 8.00. The summed E-state index contributed by atoms with van der Waals surface area (Å²) in [5.74, 6) is -0.0377. The molecule has 1 rings (SSSR count). The molecule has 0 bridgehead atoms. The lowest BCUT2D eigenvalue weighted by Crippen LogP contribution is -2.22. The highest BCUT2D eigenvalue weighted by Gasteiger charge is 1.98. The Morgan fingerprint density at radius 2 is 1.62 bits per heavy atom. The second-order valence-electron chi connectivity index (χ2n) is 3.65. The Labute approximate surface area is 95.5 Å². The van der Waals surface area contributed by atoms with Crippen LogP contribution in [0.3, 0.4) is 0 Å². The normalized spacial score (nSPS) is 11.1. The summed E-state index contributed by atoms with van der Waals surface area (Å²) in [6.07, 6.45) is 0. The fourth-order valence-corrected chi connectivity index (χ4v) is 1.19. The highest BCUT2D eigenvalue weighted by molar-refractivity contribution is 5.99. The fraction of sp³-hybridized carbons (Fsp3) is 0.273. The second kappa shape index (κ2) is 5.16. The first-order chi connectivity index (χ1) is 7.50. The van der Waals surface area contributed by atoms with Gasteiger partial charge in [-0.15, -0.1) is 5.10 Å². The van der Waals surface area contributed by atoms with E-state index < -0.39 is 0 Å². The molecule has 0 aromatic heterocycles. The first kappa shape index (κ1) is 12.0. The second-order valence-corrected chi connectivity index (χ2v) is 3.65. The van der Waals surface area contributed by atoms with Crippen molar-refractivity contribution in [2.45, 2.75) is 6.92 Å². The van der Waals surface area contributed by atoms with Crippen molar-refractivity contribution in [3.8, 4) is 0 Å². The van der Waals surface area contributed by atoms with E-state index in [1.165, 1.54) is 0 Å². The molecule has 0 heterocycles. The molecule has 1 aromatic carbocycles. The Morgan fingerprint density at radius 1 is 1.06 bits per heavy atom. The van der Waals surface area contributed by atoms with Crippen molar-refractivity contribution < 1.29 is 0 Å². The summed E-state index contributed by atoms with van der Waals surface area (Å²) < 4.78 is 0. The summed E-state index contributed by atoms with van der Waals surface area (Å²) in [5, 5.41) is 7.52. The third-order valence-electron chi connectivity index (χ3n) is 2.12. The number of guanidine groups is 1. The lowest BCUT2D eigenvalue weighted by Gasteiger charge is -2.12. The van der Waals surface area contributed by atoms with Crippen LogP contribution in [0, 0.1) is 0 Å². The van der Waals surface area contributed by atoms with Crippen LogP contribution in [0.25, 0.3) is 0 Å². The Balaban J connectivity index is 2.90. The maximum Gasteiger partial charge on any atom is 0.211 e. The van der Waals surface area contributed by atoms with Gasteiger partial charge in [0.1, 0.15) is 0 Å². The highest BCUT2D eigenvalue weighted by atomic mass is 15.3. The van der Waals surface area contributed by atoms with Crippen molar-refractivity contribution in [3.63, 3.8) is 0 Å². The molecule has 0 aliphatic carbocycles. The Hall–Kier alpha value is -2.04. The van der Waals surface area contributed by atoms with Crippen LogP contribution in [0.5, 0.6) is 0 Å². The zero-order valence-electron chi connectivity index (χ0n) is 9.81. The summed E-state index contributed by atoms with van der Waals surface area (Å²) >= 11 is 0. The van der Waals surface area contributed by atoms with Gasteiger partial charge in [0.15, 0.2) is 0 Å². The maximum atomic E-state index is 5.20. The molecule has 0 fully saturated rings. The molecule has 0 aliphatic rings. The number of nitrogens with zero attached hydrogens (tertiary/aromatic N) is 3. The van der Waals surface area contributed by atoms with E-state index in [0.29, 0.717) is 0 Å². The number of benzene rings is 1. The molecule has 5 heteroatoms. The highest BCUT2D eigenvalue weighted by Crippen LogP contribution is 2.12. The topological polar surface area (TPSA) is 80.0 Å². The van der Waals surface area contributed by atoms with Crippen molar-refractivity contribution in [1.82, 2.24) is 0 Å². The molecular formula is C11H17N5. The average molecular weight is 219 g/mol. The third-order valence-corrected chi connectivity index (χ3v) is 2.12. The minimum atomic E-state index is -0.0377. The smallest absolute Gasteiger partial charge is 0.211 e. The molecule has 5 nitrogen and oxygen atoms in total. The molecule has 0 atom stereocenters. The van der Waals surface area contributed by atoms with Gasteiger partial charge in [0.2, 0.25) is 5.96 Å². The number of hydrogen-bond acceptors (Lipinski definition) is 3. The molecular weight excluding hydrogens is 202 g/mol. The Kier molecular flexibility index (Phi) is 3.88. The SMILES string of the molecule is C/C(=N/N=C(N)N)c1ccc(N(C)C)cc1. The van der Waals surface area contributed by atoms with Crippen LogP contribution in [0.4, 0.5) is 5.69 Å². The van der Waals surface area contributed by atoms with Crippen LogP contribution >= 0.6 is 0 Å². The van der Waals surface area contributed by atoms with Crippen LogP contribution in [0.15, 0.2) is 34.5 Å². The van der Waals surface area contributed by atoms with Gasteiger partial charge in [-0.3, -0.25) is 0 Å². The van der Waals surface area contributed by atoms with E-state index in [-0.39, 0.29) is 5.96 Å². The first-order valence-corrected chi connectivity index (χ1v) is 4.91. The first-order valence-electron chi connectivity index (χ1n) is 4.91. The van der Waals surface area contributed by atoms with Crippen LogP contribution in [-0.2, 0) is 0 Å². The van der Waals surface area contributed by atoms with Crippen molar-refractivity contribution >= 4 is 17.4 Å². The van der Waals surface area contributed by atoms with E-state index in [4.69, 9.17) is 11.5 Å². The van der Waals surface area contributed by atoms with Crippen LogP contribution in [0.1, 0.15) is 12.5 Å². The van der Waals surface area contributed by atoms with Gasteiger partial charge in [-0.05, 0) is 24.6 Å². The maximum absolute atomic E-state index is 5.20. The lowest BCUT2D eigenvalue weighted by atomic mass is 10.1. The van der Waals surface area contributed by atoms with Gasteiger partial charge in [-0.1, -0.05) is 12.1 Å². The van der Waals surface area contributed by atoms with Crippen molar-refractivity contribution in [2.75, 3.05) is 19.0 Å². The molecule has 0 saturated carbocycles. The third kappa shape index (κ3) is 3.27. The largest absolute Gasteiger partial charge is 0.378 e. The van der Waals surface area contributed by atoms with Gasteiger partial charge >= 0.3 is 0 Å². The predicted octanol–water partition coefficient (Wildman–Crippen LogP) is 0.750. The van der Waals surface area contributed by atoms with Gasteiger partial charge in [-0.25, -0.2) is 0 Å². The summed E-state index contributed by atoms with van der Waals surface area (Å²) in [6.45, 7) is 1.86. The molecule has 86 valence electrons. The van der Waals surface area contributed by atoms with Crippen LogP contribution < -0.4 is 16.4 Å². The lowest BCUT2D eigenvalue weighted by molar-refractivity contribution is 1.13. The molecule has 16 heavy (non-hydrogen) atoms. The van der Waals surface area contributed by atoms with Gasteiger partial charge in [-0.2, -0.15) is 5.10 Å². The minimum Gasteiger partial charge on any atom is -0.378 e. The van der Waals surface area contributed by atoms with E-state index in [9.17, 15) is 0 Å². The molecule has 0 spiro atoms. The van der Waals surface area contributed by atoms with Crippen molar-refractivity contribution in [3.05, 3.63) is 29.8 Å². The quantitative estimate of drug-likeness (QED) is 0.447. The fourth-order valence-electron chi connectivity index (χ4n) is 1.19. The van der Waals surface area contributed by atoms with Crippen LogP contribution in [-0.4, -0.2) is 25.8 Å². The number of hydrogen-bond donors (Lipinski definition) is 2. The molecule has 0 unspecified atom stereocenters. The number of nitrogens with two attached hydrogens (primary N) is 2. The van der Waals surface area contributed by atoms with Gasteiger partial charge < -0.3 is 16.4 Å². The van der Waals surface area contributed by atoms with Crippen LogP contribution in [0.2, 0.25) is 0 Å². The zero-order chi connectivity index (χ0) is 12.1. The minimum absolute atomic E-state index is 0.0377.